The summed E-state index contributed by atoms with van der Waals surface area (Å²) < 4.78 is 13.2. The Labute approximate surface area is 186 Å². The van der Waals surface area contributed by atoms with Crippen LogP contribution in [-0.4, -0.2) is 28.8 Å². The molecule has 4 rings (SSSR count). The van der Waals surface area contributed by atoms with Crippen molar-refractivity contribution in [3.8, 4) is 0 Å². The van der Waals surface area contributed by atoms with Gasteiger partial charge in [-0.2, -0.15) is 0 Å². The van der Waals surface area contributed by atoms with Crippen molar-refractivity contribution < 1.29 is 19.1 Å². The van der Waals surface area contributed by atoms with Crippen molar-refractivity contribution in [1.82, 2.24) is 4.57 Å². The Morgan fingerprint density at radius 3 is 2.61 bits per heavy atom. The number of ether oxygens (including phenoxy) is 2. The molecular formula is C24H26N2O4S. The molecule has 0 bridgehead atoms. The molecule has 0 radical (unpaired) electrons. The minimum absolute atomic E-state index is 0.111. The van der Waals surface area contributed by atoms with Gasteiger partial charge in [-0.25, -0.2) is 9.36 Å². The molecule has 162 valence electrons. The monoisotopic (exact) mass is 438 g/mol. The predicted molar refractivity (Wildman–Crippen MR) is 121 cm³/mol. The van der Waals surface area contributed by atoms with Crippen LogP contribution in [-0.2, 0) is 19.9 Å². The number of rotatable bonds is 3. The van der Waals surface area contributed by atoms with Crippen molar-refractivity contribution in [3.63, 3.8) is 0 Å². The Bertz CT molecular complexity index is 1100. The van der Waals surface area contributed by atoms with Gasteiger partial charge in [0.1, 0.15) is 23.6 Å². The lowest BCUT2D eigenvalue weighted by Gasteiger charge is -2.32. The summed E-state index contributed by atoms with van der Waals surface area (Å²) in [6.07, 6.45) is 1.73. The average Bonchev–Trinajstić information content (AvgIpc) is 3.39. The molecule has 0 aliphatic carbocycles. The molecule has 0 fully saturated rings. The van der Waals surface area contributed by atoms with E-state index in [2.05, 4.69) is 6.92 Å². The van der Waals surface area contributed by atoms with Crippen LogP contribution in [0.5, 0.6) is 0 Å². The molecule has 1 aliphatic heterocycles. The lowest BCUT2D eigenvalue weighted by molar-refractivity contribution is -0.127. The van der Waals surface area contributed by atoms with Crippen LogP contribution in [0.15, 0.2) is 60.1 Å². The van der Waals surface area contributed by atoms with Crippen LogP contribution >= 0.6 is 11.3 Å². The highest BCUT2D eigenvalue weighted by Crippen LogP contribution is 2.46. The van der Waals surface area contributed by atoms with Gasteiger partial charge in [0.25, 0.3) is 5.91 Å². The molecule has 3 heterocycles. The minimum atomic E-state index is -0.738. The van der Waals surface area contributed by atoms with Gasteiger partial charge in [-0.1, -0.05) is 31.2 Å². The fourth-order valence-electron chi connectivity index (χ4n) is 3.92. The zero-order valence-corrected chi connectivity index (χ0v) is 18.9. The predicted octanol–water partition coefficient (Wildman–Crippen LogP) is 5.68. The van der Waals surface area contributed by atoms with Crippen LogP contribution < -0.4 is 4.90 Å². The van der Waals surface area contributed by atoms with Gasteiger partial charge in [0.05, 0.1) is 5.69 Å². The Balaban J connectivity index is 1.87. The maximum absolute atomic E-state index is 13.3. The van der Waals surface area contributed by atoms with Gasteiger partial charge in [0, 0.05) is 16.6 Å². The summed E-state index contributed by atoms with van der Waals surface area (Å²) in [6.45, 7) is 7.38. The van der Waals surface area contributed by atoms with Gasteiger partial charge in [0.2, 0.25) is 0 Å². The molecule has 0 saturated carbocycles. The van der Waals surface area contributed by atoms with Crippen molar-refractivity contribution in [2.75, 3.05) is 11.5 Å². The van der Waals surface area contributed by atoms with E-state index < -0.39 is 17.3 Å². The second-order valence-electron chi connectivity index (χ2n) is 8.41. The zero-order valence-electron chi connectivity index (χ0n) is 18.1. The maximum atomic E-state index is 13.3. The number of nitrogens with zero attached hydrogens (tertiary/aromatic N) is 2. The maximum Gasteiger partial charge on any atom is 0.420 e. The standard InChI is InChI=1S/C24H26N2O4S/c1-5-24(19-12-9-15-31-19)17-10-6-7-11-18(17)26(21(27)16-29-24)20-13-8-14-25(20)22(28)30-23(2,3)4/h6-15H,5,16H2,1-4H3. The Morgan fingerprint density at radius 1 is 1.16 bits per heavy atom. The second-order valence-corrected chi connectivity index (χ2v) is 9.36. The SMILES string of the molecule is CCC1(c2cccs2)OCC(=O)N(c2cccn2C(=O)OC(C)(C)C)c2ccccc21. The molecule has 2 aromatic heterocycles. The number of benzene rings is 1. The van der Waals surface area contributed by atoms with Crippen LogP contribution in [0.3, 0.4) is 0 Å². The Morgan fingerprint density at radius 2 is 1.94 bits per heavy atom. The number of carbonyl (C=O) groups is 2. The summed E-state index contributed by atoms with van der Waals surface area (Å²) in [5.41, 5.74) is 0.198. The van der Waals surface area contributed by atoms with Crippen LogP contribution in [0.25, 0.3) is 0 Å². The first-order valence-electron chi connectivity index (χ1n) is 10.3. The molecule has 7 heteroatoms. The van der Waals surface area contributed by atoms with Crippen LogP contribution in [0.1, 0.15) is 44.6 Å². The molecule has 0 N–H and O–H groups in total. The van der Waals surface area contributed by atoms with E-state index in [1.165, 1.54) is 4.57 Å². The highest BCUT2D eigenvalue weighted by atomic mass is 32.1. The second kappa shape index (κ2) is 7.98. The Kier molecular flexibility index (Phi) is 5.49. The van der Waals surface area contributed by atoms with Crippen LogP contribution in [0.2, 0.25) is 0 Å². The van der Waals surface area contributed by atoms with Crippen molar-refractivity contribution >= 4 is 34.8 Å². The number of carbonyl (C=O) groups excluding carboxylic acids is 2. The molecule has 1 atom stereocenters. The summed E-state index contributed by atoms with van der Waals surface area (Å²) in [7, 11) is 0. The molecule has 1 aromatic carbocycles. The number of amides is 1. The highest BCUT2D eigenvalue weighted by molar-refractivity contribution is 7.10. The minimum Gasteiger partial charge on any atom is -0.443 e. The fourth-order valence-corrected chi connectivity index (χ4v) is 4.89. The van der Waals surface area contributed by atoms with E-state index in [-0.39, 0.29) is 12.5 Å². The molecule has 31 heavy (non-hydrogen) atoms. The van der Waals surface area contributed by atoms with E-state index in [4.69, 9.17) is 9.47 Å². The van der Waals surface area contributed by atoms with E-state index in [1.807, 2.05) is 62.5 Å². The molecule has 0 spiro atoms. The fraction of sp³-hybridized carbons (Fsp3) is 0.333. The third-order valence-corrected chi connectivity index (χ3v) is 6.25. The van der Waals surface area contributed by atoms with Crippen molar-refractivity contribution in [3.05, 3.63) is 70.5 Å². The molecule has 1 unspecified atom stereocenters. The van der Waals surface area contributed by atoms with E-state index >= 15 is 0 Å². The third-order valence-electron chi connectivity index (χ3n) is 5.24. The molecule has 3 aromatic rings. The first-order valence-corrected chi connectivity index (χ1v) is 11.2. The highest BCUT2D eigenvalue weighted by Gasteiger charge is 2.42. The first-order chi connectivity index (χ1) is 14.8. The van der Waals surface area contributed by atoms with Gasteiger partial charge in [-0.05, 0) is 56.8 Å². The van der Waals surface area contributed by atoms with E-state index in [9.17, 15) is 9.59 Å². The molecular weight excluding hydrogens is 412 g/mol. The topological polar surface area (TPSA) is 60.8 Å². The summed E-state index contributed by atoms with van der Waals surface area (Å²) >= 11 is 1.61. The van der Waals surface area contributed by atoms with Crippen molar-refractivity contribution in [2.24, 2.45) is 0 Å². The van der Waals surface area contributed by atoms with E-state index in [1.54, 1.807) is 34.6 Å². The number of aromatic nitrogens is 1. The number of hydrogen-bond acceptors (Lipinski definition) is 5. The van der Waals surface area contributed by atoms with Crippen molar-refractivity contribution in [1.29, 1.82) is 0 Å². The smallest absolute Gasteiger partial charge is 0.420 e. The molecule has 1 aliphatic rings. The van der Waals surface area contributed by atoms with Crippen LogP contribution in [0.4, 0.5) is 16.3 Å². The average molecular weight is 439 g/mol. The summed E-state index contributed by atoms with van der Waals surface area (Å²) in [4.78, 5) is 28.8. The van der Waals surface area contributed by atoms with Gasteiger partial charge in [0.15, 0.2) is 0 Å². The van der Waals surface area contributed by atoms with E-state index in [0.717, 1.165) is 10.4 Å². The lowest BCUT2D eigenvalue weighted by atomic mass is 9.87. The van der Waals surface area contributed by atoms with Crippen LogP contribution in [0, 0.1) is 0 Å². The normalized spacial score (nSPS) is 19.1. The molecule has 6 nitrogen and oxygen atoms in total. The Hall–Kier alpha value is -2.90. The quantitative estimate of drug-likeness (QED) is 0.528. The largest absolute Gasteiger partial charge is 0.443 e. The van der Waals surface area contributed by atoms with Gasteiger partial charge >= 0.3 is 6.09 Å². The number of para-hydroxylation sites is 1. The molecule has 0 saturated heterocycles. The molecule has 1 amide bonds. The van der Waals surface area contributed by atoms with Crippen molar-refractivity contribution in [2.45, 2.75) is 45.3 Å². The summed E-state index contributed by atoms with van der Waals surface area (Å²) in [5.74, 6) is 0.177. The lowest BCUT2D eigenvalue weighted by Crippen LogP contribution is -2.33. The number of anilines is 2. The summed E-state index contributed by atoms with van der Waals surface area (Å²) in [5, 5.41) is 2.01. The van der Waals surface area contributed by atoms with Gasteiger partial charge < -0.3 is 9.47 Å². The number of fused-ring (bicyclic) bond motifs is 1. The number of thiophene rings is 1. The van der Waals surface area contributed by atoms with Gasteiger partial charge in [-0.3, -0.25) is 9.69 Å². The zero-order chi connectivity index (χ0) is 22.2. The summed E-state index contributed by atoms with van der Waals surface area (Å²) in [6, 6.07) is 15.2. The first kappa shape index (κ1) is 21.3. The van der Waals surface area contributed by atoms with Gasteiger partial charge in [-0.15, -0.1) is 11.3 Å². The number of hydrogen-bond donors (Lipinski definition) is 0. The third kappa shape index (κ3) is 3.79. The van der Waals surface area contributed by atoms with E-state index in [0.29, 0.717) is 17.9 Å².